The number of phenols is 1. The SMILES string of the molecule is COc1c(Br)ccc(CC(C)(C)N)c1O. The molecule has 15 heavy (non-hydrogen) atoms. The van der Waals surface area contributed by atoms with Gasteiger partial charge >= 0.3 is 0 Å². The van der Waals surface area contributed by atoms with Gasteiger partial charge in [0.1, 0.15) is 0 Å². The number of phenolic OH excluding ortho intramolecular Hbond substituents is 1. The summed E-state index contributed by atoms with van der Waals surface area (Å²) in [6, 6.07) is 3.69. The molecule has 0 saturated heterocycles. The predicted octanol–water partition coefficient (Wildman–Crippen LogP) is 2.44. The summed E-state index contributed by atoms with van der Waals surface area (Å²) < 4.78 is 5.83. The summed E-state index contributed by atoms with van der Waals surface area (Å²) in [5.41, 5.74) is 6.35. The predicted molar refractivity (Wildman–Crippen MR) is 64.3 cm³/mol. The van der Waals surface area contributed by atoms with Crippen molar-refractivity contribution < 1.29 is 9.84 Å². The summed E-state index contributed by atoms with van der Waals surface area (Å²) in [4.78, 5) is 0. The molecule has 0 radical (unpaired) electrons. The van der Waals surface area contributed by atoms with Gasteiger partial charge in [-0.1, -0.05) is 6.07 Å². The van der Waals surface area contributed by atoms with Crippen molar-refractivity contribution in [2.24, 2.45) is 5.73 Å². The van der Waals surface area contributed by atoms with E-state index in [1.807, 2.05) is 26.0 Å². The van der Waals surface area contributed by atoms with Gasteiger partial charge in [0.2, 0.25) is 0 Å². The summed E-state index contributed by atoms with van der Waals surface area (Å²) in [5, 5.41) is 9.92. The molecule has 0 aliphatic carbocycles. The molecule has 3 nitrogen and oxygen atoms in total. The summed E-state index contributed by atoms with van der Waals surface area (Å²) in [6.07, 6.45) is 0.600. The summed E-state index contributed by atoms with van der Waals surface area (Å²) >= 11 is 3.30. The van der Waals surface area contributed by atoms with E-state index in [1.165, 1.54) is 7.11 Å². The molecule has 84 valence electrons. The number of aromatic hydroxyl groups is 1. The van der Waals surface area contributed by atoms with Crippen molar-refractivity contribution in [2.75, 3.05) is 7.11 Å². The minimum Gasteiger partial charge on any atom is -0.504 e. The monoisotopic (exact) mass is 273 g/mol. The molecule has 0 unspecified atom stereocenters. The molecule has 0 heterocycles. The molecule has 0 aliphatic rings. The standard InChI is InChI=1S/C11H16BrNO2/c1-11(2,13)6-7-4-5-8(12)10(15-3)9(7)14/h4-5,14H,6,13H2,1-3H3. The summed E-state index contributed by atoms with van der Waals surface area (Å²) in [5.74, 6) is 0.613. The van der Waals surface area contributed by atoms with Crippen molar-refractivity contribution in [3.8, 4) is 11.5 Å². The minimum atomic E-state index is -0.351. The van der Waals surface area contributed by atoms with Gasteiger partial charge < -0.3 is 15.6 Å². The Morgan fingerprint density at radius 2 is 2.07 bits per heavy atom. The van der Waals surface area contributed by atoms with Crippen LogP contribution in [0.3, 0.4) is 0 Å². The average Bonchev–Trinajstić information content (AvgIpc) is 2.09. The first-order valence-corrected chi connectivity index (χ1v) is 5.47. The smallest absolute Gasteiger partial charge is 0.174 e. The topological polar surface area (TPSA) is 55.5 Å². The molecular weight excluding hydrogens is 258 g/mol. The molecule has 0 atom stereocenters. The fourth-order valence-electron chi connectivity index (χ4n) is 1.41. The Labute approximate surface area is 98.4 Å². The highest BCUT2D eigenvalue weighted by molar-refractivity contribution is 9.10. The van der Waals surface area contributed by atoms with E-state index in [1.54, 1.807) is 0 Å². The lowest BCUT2D eigenvalue weighted by atomic mass is 9.95. The number of ether oxygens (including phenoxy) is 1. The van der Waals surface area contributed by atoms with Gasteiger partial charge in [-0.25, -0.2) is 0 Å². The van der Waals surface area contributed by atoms with Crippen LogP contribution in [0.2, 0.25) is 0 Å². The molecule has 0 amide bonds. The summed E-state index contributed by atoms with van der Waals surface area (Å²) in [7, 11) is 1.52. The van der Waals surface area contributed by atoms with Gasteiger partial charge in [0.05, 0.1) is 11.6 Å². The van der Waals surface area contributed by atoms with E-state index < -0.39 is 0 Å². The third-order valence-electron chi connectivity index (χ3n) is 2.02. The molecule has 4 heteroatoms. The maximum Gasteiger partial charge on any atom is 0.174 e. The Morgan fingerprint density at radius 1 is 1.47 bits per heavy atom. The first-order valence-electron chi connectivity index (χ1n) is 4.68. The van der Waals surface area contributed by atoms with Crippen molar-refractivity contribution in [3.05, 3.63) is 22.2 Å². The van der Waals surface area contributed by atoms with Gasteiger partial charge in [-0.3, -0.25) is 0 Å². The van der Waals surface area contributed by atoms with Crippen LogP contribution in [-0.2, 0) is 6.42 Å². The normalized spacial score (nSPS) is 11.5. The molecule has 1 rings (SSSR count). The van der Waals surface area contributed by atoms with Gasteiger partial charge in [-0.2, -0.15) is 0 Å². The lowest BCUT2D eigenvalue weighted by Crippen LogP contribution is -2.34. The van der Waals surface area contributed by atoms with Gasteiger partial charge in [-0.15, -0.1) is 0 Å². The Bertz CT molecular complexity index is 358. The highest BCUT2D eigenvalue weighted by Gasteiger charge is 2.18. The fourth-order valence-corrected chi connectivity index (χ4v) is 1.90. The van der Waals surface area contributed by atoms with Gasteiger partial charge in [0.15, 0.2) is 11.5 Å². The Hall–Kier alpha value is -0.740. The molecule has 3 N–H and O–H groups in total. The zero-order chi connectivity index (χ0) is 11.6. The number of hydrogen-bond acceptors (Lipinski definition) is 3. The molecule has 1 aromatic carbocycles. The Kier molecular flexibility index (Phi) is 3.62. The highest BCUT2D eigenvalue weighted by Crippen LogP contribution is 2.37. The maximum absolute atomic E-state index is 9.92. The third kappa shape index (κ3) is 3.11. The first kappa shape index (κ1) is 12.3. The molecule has 1 aromatic rings. The van der Waals surface area contributed by atoms with Crippen molar-refractivity contribution in [1.29, 1.82) is 0 Å². The van der Waals surface area contributed by atoms with Crippen molar-refractivity contribution in [2.45, 2.75) is 25.8 Å². The number of rotatable bonds is 3. The van der Waals surface area contributed by atoms with Crippen molar-refractivity contribution >= 4 is 15.9 Å². The van der Waals surface area contributed by atoms with Crippen LogP contribution in [-0.4, -0.2) is 17.8 Å². The molecular formula is C11H16BrNO2. The van der Waals surface area contributed by atoms with E-state index in [0.717, 1.165) is 10.0 Å². The lowest BCUT2D eigenvalue weighted by molar-refractivity contribution is 0.365. The molecule has 0 saturated carbocycles. The van der Waals surface area contributed by atoms with Gasteiger partial charge in [0.25, 0.3) is 0 Å². The Balaban J connectivity index is 3.11. The average molecular weight is 274 g/mol. The molecule has 0 aliphatic heterocycles. The van der Waals surface area contributed by atoms with Crippen LogP contribution >= 0.6 is 15.9 Å². The van der Waals surface area contributed by atoms with E-state index in [4.69, 9.17) is 10.5 Å². The van der Waals surface area contributed by atoms with E-state index in [9.17, 15) is 5.11 Å². The number of hydrogen-bond donors (Lipinski definition) is 2. The van der Waals surface area contributed by atoms with E-state index in [-0.39, 0.29) is 11.3 Å². The van der Waals surface area contributed by atoms with Gasteiger partial charge in [-0.05, 0) is 47.8 Å². The maximum atomic E-state index is 9.92. The molecule has 0 bridgehead atoms. The second-order valence-corrected chi connectivity index (χ2v) is 5.11. The van der Waals surface area contributed by atoms with Crippen LogP contribution in [0.15, 0.2) is 16.6 Å². The third-order valence-corrected chi connectivity index (χ3v) is 2.64. The van der Waals surface area contributed by atoms with Crippen LogP contribution in [0.5, 0.6) is 11.5 Å². The van der Waals surface area contributed by atoms with Crippen molar-refractivity contribution in [1.82, 2.24) is 0 Å². The van der Waals surface area contributed by atoms with Crippen molar-refractivity contribution in [3.63, 3.8) is 0 Å². The first-order chi connectivity index (χ1) is 6.85. The van der Waals surface area contributed by atoms with E-state index in [0.29, 0.717) is 12.2 Å². The zero-order valence-corrected chi connectivity index (χ0v) is 10.8. The summed E-state index contributed by atoms with van der Waals surface area (Å²) in [6.45, 7) is 3.84. The van der Waals surface area contributed by atoms with Gasteiger partial charge in [0, 0.05) is 5.54 Å². The number of halogens is 1. The molecule has 0 aromatic heterocycles. The van der Waals surface area contributed by atoms with Crippen LogP contribution < -0.4 is 10.5 Å². The Morgan fingerprint density at radius 3 is 2.53 bits per heavy atom. The van der Waals surface area contributed by atoms with E-state index >= 15 is 0 Å². The van der Waals surface area contributed by atoms with Crippen LogP contribution in [0.25, 0.3) is 0 Å². The van der Waals surface area contributed by atoms with Crippen LogP contribution in [0.1, 0.15) is 19.4 Å². The second-order valence-electron chi connectivity index (χ2n) is 4.25. The fraction of sp³-hybridized carbons (Fsp3) is 0.455. The number of methoxy groups -OCH3 is 1. The van der Waals surface area contributed by atoms with Crippen LogP contribution in [0, 0.1) is 0 Å². The highest BCUT2D eigenvalue weighted by atomic mass is 79.9. The quantitative estimate of drug-likeness (QED) is 0.890. The largest absolute Gasteiger partial charge is 0.504 e. The zero-order valence-electron chi connectivity index (χ0n) is 9.17. The number of benzene rings is 1. The minimum absolute atomic E-state index is 0.158. The van der Waals surface area contributed by atoms with E-state index in [2.05, 4.69) is 15.9 Å². The number of nitrogens with two attached hydrogens (primary N) is 1. The van der Waals surface area contributed by atoms with Crippen LogP contribution in [0.4, 0.5) is 0 Å². The molecule has 0 spiro atoms. The lowest BCUT2D eigenvalue weighted by Gasteiger charge is -2.20. The second kappa shape index (κ2) is 4.41. The molecule has 0 fully saturated rings.